The molecule has 6 rings (SSSR count). The van der Waals surface area contributed by atoms with Crippen molar-refractivity contribution in [2.45, 2.75) is 19.8 Å². The van der Waals surface area contributed by atoms with Crippen LogP contribution in [0.25, 0.3) is 33.5 Å². The third kappa shape index (κ3) is 4.79. The van der Waals surface area contributed by atoms with Crippen molar-refractivity contribution >= 4 is 34.7 Å². The van der Waals surface area contributed by atoms with Crippen LogP contribution in [0.15, 0.2) is 77.2 Å². The number of amides is 1. The van der Waals surface area contributed by atoms with E-state index in [1.54, 1.807) is 49.8 Å². The van der Waals surface area contributed by atoms with Gasteiger partial charge in [-0.25, -0.2) is 14.4 Å². The van der Waals surface area contributed by atoms with Crippen LogP contribution in [0.1, 0.15) is 30.3 Å². The van der Waals surface area contributed by atoms with Crippen LogP contribution in [0.3, 0.4) is 0 Å². The molecule has 1 aliphatic rings. The molecule has 10 heteroatoms. The van der Waals surface area contributed by atoms with Crippen LogP contribution in [-0.4, -0.2) is 49.4 Å². The summed E-state index contributed by atoms with van der Waals surface area (Å²) in [4.78, 5) is 42.4. The minimum absolute atomic E-state index is 0.0945. The number of benzene rings is 1. The Hall–Kier alpha value is -5.12. The number of aliphatic imine (C=N–C) groups is 2. The number of halogens is 1. The molecular weight excluding hydrogens is 495 g/mol. The largest absolute Gasteiger partial charge is 0.337 e. The van der Waals surface area contributed by atoms with E-state index >= 15 is 0 Å². The standard InChI is InChI=1S/C29H23FN8O/c1-2-25(39)36-19-11-18(13-32-15-19)24-12-21-17(14-34-24)7-9-31-16-35-27(21)29-37-23-8-10-33-26(28(23)38-29)20-5-3-4-6-22(20)30/h3-6,8,10-16H,2,7,9H2,1H3,(H,36,39)(H,37,38). The minimum Gasteiger partial charge on any atom is -0.337 e. The number of imidazole rings is 1. The van der Waals surface area contributed by atoms with Gasteiger partial charge in [0.25, 0.3) is 0 Å². The predicted molar refractivity (Wildman–Crippen MR) is 148 cm³/mol. The van der Waals surface area contributed by atoms with E-state index in [9.17, 15) is 9.18 Å². The van der Waals surface area contributed by atoms with Crippen molar-refractivity contribution in [3.8, 4) is 22.5 Å². The van der Waals surface area contributed by atoms with Gasteiger partial charge in [-0.05, 0) is 42.3 Å². The summed E-state index contributed by atoms with van der Waals surface area (Å²) in [7, 11) is 0. The SMILES string of the molecule is CCC(=O)Nc1cncc(-c2cc3c(cn2)CCN=CN=C3c2nc3c(-c4ccccc4F)nccc3[nH]2)c1. The van der Waals surface area contributed by atoms with Gasteiger partial charge in [0.2, 0.25) is 5.91 Å². The molecule has 0 spiro atoms. The van der Waals surface area contributed by atoms with E-state index < -0.39 is 0 Å². The Balaban J connectivity index is 1.46. The van der Waals surface area contributed by atoms with Crippen molar-refractivity contribution in [2.24, 2.45) is 9.98 Å². The van der Waals surface area contributed by atoms with E-state index in [2.05, 4.69) is 35.2 Å². The Bertz CT molecular complexity index is 1770. The normalized spacial score (nSPS) is 12.9. The highest BCUT2D eigenvalue weighted by molar-refractivity contribution is 6.16. The van der Waals surface area contributed by atoms with Crippen LogP contribution in [-0.2, 0) is 11.2 Å². The van der Waals surface area contributed by atoms with Gasteiger partial charge >= 0.3 is 0 Å². The van der Waals surface area contributed by atoms with E-state index in [-0.39, 0.29) is 11.7 Å². The third-order valence-corrected chi connectivity index (χ3v) is 6.41. The number of aromatic nitrogens is 5. The molecule has 9 nitrogen and oxygen atoms in total. The zero-order valence-corrected chi connectivity index (χ0v) is 21.0. The number of aromatic amines is 1. The number of anilines is 1. The lowest BCUT2D eigenvalue weighted by molar-refractivity contribution is -0.115. The lowest BCUT2D eigenvalue weighted by Gasteiger charge is -2.13. The number of nitrogens with one attached hydrogen (secondary N) is 2. The second-order valence-electron chi connectivity index (χ2n) is 8.96. The number of rotatable bonds is 5. The van der Waals surface area contributed by atoms with E-state index in [1.807, 2.05) is 18.3 Å². The van der Waals surface area contributed by atoms with Crippen LogP contribution in [0.5, 0.6) is 0 Å². The summed E-state index contributed by atoms with van der Waals surface area (Å²) < 4.78 is 14.6. The topological polar surface area (TPSA) is 121 Å². The zero-order chi connectivity index (χ0) is 26.8. The molecule has 1 aliphatic heterocycles. The molecule has 39 heavy (non-hydrogen) atoms. The number of nitrogens with zero attached hydrogens (tertiary/aromatic N) is 6. The predicted octanol–water partition coefficient (Wildman–Crippen LogP) is 4.99. The van der Waals surface area contributed by atoms with E-state index in [1.165, 1.54) is 12.4 Å². The third-order valence-electron chi connectivity index (χ3n) is 6.41. The maximum absolute atomic E-state index is 14.6. The molecule has 2 N–H and O–H groups in total. The summed E-state index contributed by atoms with van der Waals surface area (Å²) in [5.41, 5.74) is 6.46. The number of fused-ring (bicyclic) bond motifs is 2. The molecule has 1 amide bonds. The monoisotopic (exact) mass is 518 g/mol. The van der Waals surface area contributed by atoms with E-state index in [0.29, 0.717) is 64.6 Å². The molecule has 0 saturated heterocycles. The van der Waals surface area contributed by atoms with Crippen molar-refractivity contribution in [1.82, 2.24) is 24.9 Å². The molecule has 0 aliphatic carbocycles. The average Bonchev–Trinajstić information content (AvgIpc) is 3.38. The maximum atomic E-state index is 14.6. The number of carbonyl (C=O) groups is 1. The van der Waals surface area contributed by atoms with Gasteiger partial charge in [0.15, 0.2) is 5.82 Å². The van der Waals surface area contributed by atoms with Crippen LogP contribution >= 0.6 is 0 Å². The second-order valence-corrected chi connectivity index (χ2v) is 8.96. The van der Waals surface area contributed by atoms with Gasteiger partial charge in [-0.3, -0.25) is 24.7 Å². The van der Waals surface area contributed by atoms with Gasteiger partial charge in [0, 0.05) is 48.2 Å². The van der Waals surface area contributed by atoms with Gasteiger partial charge in [0.05, 0.1) is 23.1 Å². The number of H-pyrrole nitrogens is 1. The van der Waals surface area contributed by atoms with Crippen molar-refractivity contribution in [2.75, 3.05) is 11.9 Å². The molecule has 1 aromatic carbocycles. The summed E-state index contributed by atoms with van der Waals surface area (Å²) in [6.07, 6.45) is 9.31. The molecule has 5 aromatic rings. The number of carbonyl (C=O) groups excluding carboxylic acids is 1. The zero-order valence-electron chi connectivity index (χ0n) is 21.0. The average molecular weight is 519 g/mol. The first-order chi connectivity index (χ1) is 19.1. The van der Waals surface area contributed by atoms with Crippen molar-refractivity contribution in [3.63, 3.8) is 0 Å². The molecule has 0 fully saturated rings. The van der Waals surface area contributed by atoms with E-state index in [0.717, 1.165) is 16.7 Å². The Labute approximate surface area is 223 Å². The first kappa shape index (κ1) is 24.2. The molecule has 0 saturated carbocycles. The Morgan fingerprint density at radius 2 is 1.97 bits per heavy atom. The summed E-state index contributed by atoms with van der Waals surface area (Å²) in [5.74, 6) is 0.0388. The van der Waals surface area contributed by atoms with E-state index in [4.69, 9.17) is 4.98 Å². The Kier molecular flexibility index (Phi) is 6.42. The smallest absolute Gasteiger partial charge is 0.224 e. The van der Waals surface area contributed by atoms with Crippen molar-refractivity contribution < 1.29 is 9.18 Å². The fourth-order valence-electron chi connectivity index (χ4n) is 4.46. The molecule has 192 valence electrons. The minimum atomic E-state index is -0.371. The molecule has 0 radical (unpaired) electrons. The Morgan fingerprint density at radius 1 is 1.08 bits per heavy atom. The quantitative estimate of drug-likeness (QED) is 0.340. The maximum Gasteiger partial charge on any atom is 0.224 e. The van der Waals surface area contributed by atoms with Crippen LogP contribution in [0, 0.1) is 5.82 Å². The van der Waals surface area contributed by atoms with Gasteiger partial charge in [-0.15, -0.1) is 0 Å². The fourth-order valence-corrected chi connectivity index (χ4v) is 4.46. The molecule has 0 atom stereocenters. The van der Waals surface area contributed by atoms with Crippen molar-refractivity contribution in [3.05, 3.63) is 90.0 Å². The first-order valence-electron chi connectivity index (χ1n) is 12.5. The molecular formula is C29H23FN8O. The van der Waals surface area contributed by atoms with Gasteiger partial charge in [-0.1, -0.05) is 19.1 Å². The first-order valence-corrected chi connectivity index (χ1v) is 12.5. The van der Waals surface area contributed by atoms with Crippen LogP contribution in [0.2, 0.25) is 0 Å². The van der Waals surface area contributed by atoms with Gasteiger partial charge in [-0.2, -0.15) is 0 Å². The molecule has 5 heterocycles. The van der Waals surface area contributed by atoms with Crippen LogP contribution < -0.4 is 5.32 Å². The van der Waals surface area contributed by atoms with Gasteiger partial charge < -0.3 is 10.3 Å². The molecule has 4 aromatic heterocycles. The fraction of sp³-hybridized carbons (Fsp3) is 0.138. The molecule has 0 bridgehead atoms. The van der Waals surface area contributed by atoms with Crippen LogP contribution in [0.4, 0.5) is 10.1 Å². The lowest BCUT2D eigenvalue weighted by Crippen LogP contribution is -2.13. The number of hydrogen-bond acceptors (Lipinski definition) is 7. The second kappa shape index (κ2) is 10.3. The number of hydrogen-bond donors (Lipinski definition) is 2. The Morgan fingerprint density at radius 3 is 2.85 bits per heavy atom. The molecule has 0 unspecified atom stereocenters. The number of pyridine rings is 3. The highest BCUT2D eigenvalue weighted by Gasteiger charge is 2.21. The summed E-state index contributed by atoms with van der Waals surface area (Å²) >= 11 is 0. The van der Waals surface area contributed by atoms with Gasteiger partial charge in [0.1, 0.15) is 29.1 Å². The highest BCUT2D eigenvalue weighted by atomic mass is 19.1. The highest BCUT2D eigenvalue weighted by Crippen LogP contribution is 2.29. The summed E-state index contributed by atoms with van der Waals surface area (Å²) in [6, 6.07) is 12.1. The summed E-state index contributed by atoms with van der Waals surface area (Å²) in [6.45, 7) is 2.37. The van der Waals surface area contributed by atoms with Crippen molar-refractivity contribution in [1.29, 1.82) is 0 Å². The summed E-state index contributed by atoms with van der Waals surface area (Å²) in [5, 5.41) is 2.84. The lowest BCUT2D eigenvalue weighted by atomic mass is 9.99.